The fourth-order valence-corrected chi connectivity index (χ4v) is 10.7. The third-order valence-electron chi connectivity index (χ3n) is 11.5. The zero-order valence-corrected chi connectivity index (χ0v) is 31.5. The summed E-state index contributed by atoms with van der Waals surface area (Å²) in [5.41, 5.74) is -1.33. The number of rotatable bonds is 10. The predicted molar refractivity (Wildman–Crippen MR) is 142 cm³/mol. The molecule has 4 rings (SSSR count). The molecule has 0 amide bonds. The van der Waals surface area contributed by atoms with E-state index in [-0.39, 0.29) is 102 Å². The van der Waals surface area contributed by atoms with Gasteiger partial charge in [-0.25, -0.2) is 16.8 Å². The molecular formula is C27H46Na2O11S2. The summed E-state index contributed by atoms with van der Waals surface area (Å²) >= 11 is 0. The van der Waals surface area contributed by atoms with E-state index in [1.807, 2.05) is 13.8 Å². The van der Waals surface area contributed by atoms with Gasteiger partial charge in [-0.15, -0.1) is 0 Å². The summed E-state index contributed by atoms with van der Waals surface area (Å²) in [5, 5.41) is 34.6. The van der Waals surface area contributed by atoms with Crippen LogP contribution in [-0.4, -0.2) is 72.3 Å². The Bertz CT molecular complexity index is 1120. The van der Waals surface area contributed by atoms with E-state index in [0.717, 1.165) is 19.3 Å². The van der Waals surface area contributed by atoms with Gasteiger partial charge in [0.15, 0.2) is 0 Å². The summed E-state index contributed by atoms with van der Waals surface area (Å²) in [7, 11) is -9.86. The van der Waals surface area contributed by atoms with Gasteiger partial charge in [0.1, 0.15) is 6.10 Å². The Labute approximate surface area is 295 Å². The Hall–Kier alpha value is 1.62. The molecule has 0 saturated heterocycles. The van der Waals surface area contributed by atoms with Crippen LogP contribution in [0, 0.1) is 52.3 Å². The number of aliphatic hydroxyl groups is 3. The number of fused-ring (bicyclic) bond motifs is 5. The first-order valence-corrected chi connectivity index (χ1v) is 17.3. The fourth-order valence-electron chi connectivity index (χ4n) is 9.80. The van der Waals surface area contributed by atoms with E-state index in [9.17, 15) is 41.3 Å². The van der Waals surface area contributed by atoms with Crippen LogP contribution in [0.25, 0.3) is 0 Å². The standard InChI is InChI=1S/C27H48O11S2.2Na/c1-15(2)6-5-7-16(14-37-39(31,32)33)18-10-11-19-17-8-9-20-23(28)21(38-40(34,35)36)12-13-26(20,3)22(17)24(29)25(30)27(18,19)4;;/h15-25,28-30H,5-14H2,1-4H3,(H,31,32,33)(H,34,35,36);;/q;2*+1/p-2/t16-,17-,18+,19-,20+,21+,22+,23-,24+,25+,26-,27+;;/m0../s1. The molecule has 0 spiro atoms. The van der Waals surface area contributed by atoms with Crippen molar-refractivity contribution in [1.82, 2.24) is 0 Å². The van der Waals surface area contributed by atoms with E-state index in [4.69, 9.17) is 4.18 Å². The van der Waals surface area contributed by atoms with Gasteiger partial charge >= 0.3 is 59.1 Å². The first kappa shape index (κ1) is 39.8. The molecule has 4 fully saturated rings. The van der Waals surface area contributed by atoms with Gasteiger partial charge in [-0.1, -0.05) is 40.5 Å². The van der Waals surface area contributed by atoms with Crippen molar-refractivity contribution in [2.45, 2.75) is 110 Å². The van der Waals surface area contributed by atoms with E-state index >= 15 is 0 Å². The maximum Gasteiger partial charge on any atom is 1.00 e. The average Bonchev–Trinajstić information content (AvgIpc) is 3.18. The quantitative estimate of drug-likeness (QED) is 0.119. The molecule has 0 heterocycles. The summed E-state index contributed by atoms with van der Waals surface area (Å²) < 4.78 is 77.2. The van der Waals surface area contributed by atoms with E-state index in [1.54, 1.807) is 0 Å². The Kier molecular flexibility index (Phi) is 14.0. The number of hydrogen-bond donors (Lipinski definition) is 3. The van der Waals surface area contributed by atoms with Crippen LogP contribution in [0.3, 0.4) is 0 Å². The molecule has 12 atom stereocenters. The van der Waals surface area contributed by atoms with E-state index in [0.29, 0.717) is 38.0 Å². The molecule has 0 bridgehead atoms. The largest absolute Gasteiger partial charge is 1.00 e. The van der Waals surface area contributed by atoms with Gasteiger partial charge in [0.25, 0.3) is 0 Å². The summed E-state index contributed by atoms with van der Waals surface area (Å²) in [4.78, 5) is 0. The van der Waals surface area contributed by atoms with E-state index < -0.39 is 62.0 Å². The minimum atomic E-state index is -4.98. The maximum atomic E-state index is 11.8. The molecule has 0 unspecified atom stereocenters. The summed E-state index contributed by atoms with van der Waals surface area (Å²) in [6.45, 7) is 7.92. The van der Waals surface area contributed by atoms with Crippen LogP contribution in [-0.2, 0) is 29.2 Å². The van der Waals surface area contributed by atoms with Crippen molar-refractivity contribution in [2.75, 3.05) is 6.61 Å². The molecule has 0 aliphatic heterocycles. The monoisotopic (exact) mass is 656 g/mol. The molecule has 15 heteroatoms. The second-order valence-electron chi connectivity index (χ2n) is 13.8. The van der Waals surface area contributed by atoms with Gasteiger partial charge in [-0.2, -0.15) is 0 Å². The average molecular weight is 657 g/mol. The SMILES string of the molecule is CC(C)CCC[C@@H](COS(=O)(=O)[O-])[C@H]1CC[C@H]2[C@@H]3CC[C@@H]4[C@H](O)[C@H](OS(=O)(=O)[O-])CC[C@]4(C)[C@H]3[C@@H](O)[C@@H](O)[C@]12C.[Na+].[Na+]. The van der Waals surface area contributed by atoms with E-state index in [1.165, 1.54) is 0 Å². The van der Waals surface area contributed by atoms with Gasteiger partial charge in [-0.05, 0) is 91.8 Å². The van der Waals surface area contributed by atoms with Gasteiger partial charge in [0, 0.05) is 5.41 Å². The van der Waals surface area contributed by atoms with Crippen molar-refractivity contribution in [2.24, 2.45) is 52.3 Å². The topological polar surface area (TPSA) is 194 Å². The van der Waals surface area contributed by atoms with Gasteiger partial charge in [0.05, 0.1) is 24.9 Å². The molecule has 234 valence electrons. The molecule has 11 nitrogen and oxygen atoms in total. The van der Waals surface area contributed by atoms with Crippen LogP contribution in [0.1, 0.15) is 85.5 Å². The second-order valence-corrected chi connectivity index (χ2v) is 15.9. The number of hydrogen-bond acceptors (Lipinski definition) is 11. The smallest absolute Gasteiger partial charge is 0.726 e. The van der Waals surface area contributed by atoms with Crippen LogP contribution >= 0.6 is 0 Å². The Morgan fingerprint density at radius 1 is 0.857 bits per heavy atom. The molecule has 0 aromatic heterocycles. The predicted octanol–water partition coefficient (Wildman–Crippen LogP) is -3.67. The summed E-state index contributed by atoms with van der Waals surface area (Å²) in [6.07, 6.45) is 1.13. The minimum absolute atomic E-state index is 0. The third kappa shape index (κ3) is 8.01. The van der Waals surface area contributed by atoms with Crippen molar-refractivity contribution < 1.29 is 109 Å². The first-order valence-electron chi connectivity index (χ1n) is 14.7. The normalized spacial score (nSPS) is 42.5. The zero-order chi connectivity index (χ0) is 29.8. The van der Waals surface area contributed by atoms with Crippen molar-refractivity contribution >= 4 is 20.8 Å². The zero-order valence-electron chi connectivity index (χ0n) is 25.8. The fraction of sp³-hybridized carbons (Fsp3) is 1.00. The van der Waals surface area contributed by atoms with Crippen molar-refractivity contribution in [3.63, 3.8) is 0 Å². The molecule has 0 aromatic carbocycles. The third-order valence-corrected chi connectivity index (χ3v) is 12.4. The van der Waals surface area contributed by atoms with Gasteiger partial charge < -0.3 is 24.4 Å². The summed E-state index contributed by atoms with van der Waals surface area (Å²) in [5.74, 6) is -0.663. The molecular weight excluding hydrogens is 610 g/mol. The van der Waals surface area contributed by atoms with Gasteiger partial charge in [-0.3, -0.25) is 8.37 Å². The number of aliphatic hydroxyl groups excluding tert-OH is 3. The minimum Gasteiger partial charge on any atom is -0.726 e. The van der Waals surface area contributed by atoms with Crippen molar-refractivity contribution in [3.05, 3.63) is 0 Å². The first-order chi connectivity index (χ1) is 18.4. The van der Waals surface area contributed by atoms with Crippen LogP contribution < -0.4 is 59.1 Å². The molecule has 3 N–H and O–H groups in total. The molecule has 42 heavy (non-hydrogen) atoms. The molecule has 4 aliphatic carbocycles. The van der Waals surface area contributed by atoms with Crippen LogP contribution in [0.15, 0.2) is 0 Å². The molecule has 0 aromatic rings. The Morgan fingerprint density at radius 3 is 2.05 bits per heavy atom. The summed E-state index contributed by atoms with van der Waals surface area (Å²) in [6, 6.07) is 0. The van der Waals surface area contributed by atoms with Gasteiger partial charge in [0.2, 0.25) is 20.8 Å². The van der Waals surface area contributed by atoms with Crippen molar-refractivity contribution in [3.8, 4) is 0 Å². The Balaban J connectivity index is 0.00000308. The maximum absolute atomic E-state index is 11.8. The van der Waals surface area contributed by atoms with Crippen LogP contribution in [0.4, 0.5) is 0 Å². The van der Waals surface area contributed by atoms with Crippen LogP contribution in [0.2, 0.25) is 0 Å². The van der Waals surface area contributed by atoms with Crippen LogP contribution in [0.5, 0.6) is 0 Å². The second kappa shape index (κ2) is 14.8. The van der Waals surface area contributed by atoms with Crippen molar-refractivity contribution in [1.29, 1.82) is 0 Å². The molecule has 4 saturated carbocycles. The van der Waals surface area contributed by atoms with E-state index in [2.05, 4.69) is 18.0 Å². The Morgan fingerprint density at radius 2 is 1.48 bits per heavy atom. The molecule has 4 aliphatic rings. The molecule has 0 radical (unpaired) electrons.